The van der Waals surface area contributed by atoms with Gasteiger partial charge in [0.1, 0.15) is 11.5 Å². The second-order valence-corrected chi connectivity index (χ2v) is 7.44. The van der Waals surface area contributed by atoms with Crippen molar-refractivity contribution in [1.82, 2.24) is 0 Å². The fourth-order valence-corrected chi connectivity index (χ4v) is 2.54. The van der Waals surface area contributed by atoms with Gasteiger partial charge in [0.2, 0.25) is 0 Å². The number of furan rings is 2. The van der Waals surface area contributed by atoms with Crippen molar-refractivity contribution in [2.75, 3.05) is 0 Å². The standard InChI is InChI=1S/C30H32O2/c1-25(13-7-15-27(3)19-21-29-17-9-23-31-29)11-5-6-12-26(2)14-8-16-28(4)20-22-30-18-10-24-32-30/h5-24H,1-4H3. The third-order valence-corrected chi connectivity index (χ3v) is 4.37. The predicted octanol–water partition coefficient (Wildman–Crippen LogP) is 9.05. The van der Waals surface area contributed by atoms with Crippen LogP contribution in [0.3, 0.4) is 0 Å². The molecule has 32 heavy (non-hydrogen) atoms. The molecule has 2 heterocycles. The SMILES string of the molecule is CC(C=CC=C(C)C=Cc1ccco1)=CC=CC=C(C)C=CC=C(C)C=Cc1ccco1. The second kappa shape index (κ2) is 14.3. The van der Waals surface area contributed by atoms with Gasteiger partial charge in [-0.05, 0) is 64.1 Å². The highest BCUT2D eigenvalue weighted by molar-refractivity contribution is 5.48. The van der Waals surface area contributed by atoms with Crippen LogP contribution in [0.2, 0.25) is 0 Å². The first-order valence-corrected chi connectivity index (χ1v) is 10.7. The van der Waals surface area contributed by atoms with E-state index in [4.69, 9.17) is 8.83 Å². The number of rotatable bonds is 10. The summed E-state index contributed by atoms with van der Waals surface area (Å²) in [4.78, 5) is 0. The Kier molecular flexibility index (Phi) is 10.9. The smallest absolute Gasteiger partial charge is 0.126 e. The maximum atomic E-state index is 5.29. The summed E-state index contributed by atoms with van der Waals surface area (Å²) in [6.07, 6.45) is 32.1. The van der Waals surface area contributed by atoms with Crippen molar-refractivity contribution < 1.29 is 8.83 Å². The number of allylic oxidation sites excluding steroid dienone is 16. The van der Waals surface area contributed by atoms with Crippen molar-refractivity contribution in [2.45, 2.75) is 27.7 Å². The van der Waals surface area contributed by atoms with Gasteiger partial charge in [0.25, 0.3) is 0 Å². The van der Waals surface area contributed by atoms with Gasteiger partial charge in [0.05, 0.1) is 12.5 Å². The molecule has 0 fully saturated rings. The Hall–Kier alpha value is -3.78. The summed E-state index contributed by atoms with van der Waals surface area (Å²) < 4.78 is 10.6. The maximum Gasteiger partial charge on any atom is 0.126 e. The van der Waals surface area contributed by atoms with E-state index in [0.29, 0.717) is 0 Å². The molecule has 2 nitrogen and oxygen atoms in total. The van der Waals surface area contributed by atoms with Gasteiger partial charge in [-0.3, -0.25) is 0 Å². The molecule has 164 valence electrons. The monoisotopic (exact) mass is 424 g/mol. The summed E-state index contributed by atoms with van der Waals surface area (Å²) in [6.45, 7) is 8.30. The zero-order valence-electron chi connectivity index (χ0n) is 19.4. The van der Waals surface area contributed by atoms with E-state index in [1.54, 1.807) is 12.5 Å². The zero-order valence-corrected chi connectivity index (χ0v) is 19.4. The molecule has 0 aliphatic rings. The minimum atomic E-state index is 0.856. The molecule has 0 aliphatic carbocycles. The zero-order chi connectivity index (χ0) is 23.0. The normalized spacial score (nSPS) is 15.0. The molecule has 0 aromatic carbocycles. The van der Waals surface area contributed by atoms with Crippen LogP contribution in [0.15, 0.2) is 141 Å². The van der Waals surface area contributed by atoms with Crippen LogP contribution in [-0.2, 0) is 0 Å². The van der Waals surface area contributed by atoms with Crippen LogP contribution >= 0.6 is 0 Å². The van der Waals surface area contributed by atoms with Gasteiger partial charge in [-0.15, -0.1) is 0 Å². The Morgan fingerprint density at radius 3 is 1.28 bits per heavy atom. The Morgan fingerprint density at radius 1 is 0.531 bits per heavy atom. The highest BCUT2D eigenvalue weighted by Crippen LogP contribution is 2.07. The highest BCUT2D eigenvalue weighted by Gasteiger charge is 1.88. The topological polar surface area (TPSA) is 26.3 Å². The summed E-state index contributed by atoms with van der Waals surface area (Å²) in [7, 11) is 0. The predicted molar refractivity (Wildman–Crippen MR) is 138 cm³/mol. The third kappa shape index (κ3) is 10.8. The van der Waals surface area contributed by atoms with Crippen molar-refractivity contribution in [3.8, 4) is 0 Å². The second-order valence-electron chi connectivity index (χ2n) is 7.44. The molecule has 0 spiro atoms. The van der Waals surface area contributed by atoms with E-state index in [2.05, 4.69) is 88.5 Å². The fraction of sp³-hybridized carbons (Fsp3) is 0.133. The van der Waals surface area contributed by atoms with E-state index >= 15 is 0 Å². The molecule has 0 aliphatic heterocycles. The third-order valence-electron chi connectivity index (χ3n) is 4.37. The summed E-state index contributed by atoms with van der Waals surface area (Å²) in [5, 5.41) is 0. The van der Waals surface area contributed by atoms with Gasteiger partial charge in [-0.2, -0.15) is 0 Å². The van der Waals surface area contributed by atoms with E-state index in [1.807, 2.05) is 48.6 Å². The first kappa shape index (κ1) is 24.5. The van der Waals surface area contributed by atoms with Gasteiger partial charge in [0, 0.05) is 0 Å². The molecule has 0 amide bonds. The molecule has 0 atom stereocenters. The molecular weight excluding hydrogens is 392 g/mol. The fourth-order valence-electron chi connectivity index (χ4n) is 2.54. The van der Waals surface area contributed by atoms with Crippen LogP contribution in [0.4, 0.5) is 0 Å². The quantitative estimate of drug-likeness (QED) is 0.356. The number of hydrogen-bond donors (Lipinski definition) is 0. The van der Waals surface area contributed by atoms with Crippen LogP contribution in [-0.4, -0.2) is 0 Å². The largest absolute Gasteiger partial charge is 0.465 e. The van der Waals surface area contributed by atoms with Crippen LogP contribution in [0.1, 0.15) is 39.2 Å². The Balaban J connectivity index is 1.79. The lowest BCUT2D eigenvalue weighted by molar-refractivity contribution is 0.556. The van der Waals surface area contributed by atoms with E-state index in [-0.39, 0.29) is 0 Å². The van der Waals surface area contributed by atoms with Gasteiger partial charge in [-0.25, -0.2) is 0 Å². The average molecular weight is 425 g/mol. The van der Waals surface area contributed by atoms with Crippen LogP contribution < -0.4 is 0 Å². The van der Waals surface area contributed by atoms with Gasteiger partial charge in [0.15, 0.2) is 0 Å². The van der Waals surface area contributed by atoms with Crippen LogP contribution in [0.25, 0.3) is 12.2 Å². The molecule has 0 radical (unpaired) electrons. The molecule has 0 saturated carbocycles. The van der Waals surface area contributed by atoms with E-state index < -0.39 is 0 Å². The van der Waals surface area contributed by atoms with Crippen LogP contribution in [0.5, 0.6) is 0 Å². The van der Waals surface area contributed by atoms with Gasteiger partial charge < -0.3 is 8.83 Å². The first-order valence-electron chi connectivity index (χ1n) is 10.7. The van der Waals surface area contributed by atoms with Crippen LogP contribution in [0, 0.1) is 0 Å². The van der Waals surface area contributed by atoms with Gasteiger partial charge >= 0.3 is 0 Å². The molecule has 0 bridgehead atoms. The Morgan fingerprint density at radius 2 is 0.906 bits per heavy atom. The van der Waals surface area contributed by atoms with Gasteiger partial charge in [-0.1, -0.05) is 95.2 Å². The molecule has 0 saturated heterocycles. The minimum absolute atomic E-state index is 0.856. The highest BCUT2D eigenvalue weighted by atomic mass is 16.3. The van der Waals surface area contributed by atoms with E-state index in [9.17, 15) is 0 Å². The molecule has 2 aromatic rings. The molecule has 2 rings (SSSR count). The maximum absolute atomic E-state index is 5.29. The average Bonchev–Trinajstić information content (AvgIpc) is 3.48. The van der Waals surface area contributed by atoms with Crippen molar-refractivity contribution in [1.29, 1.82) is 0 Å². The lowest BCUT2D eigenvalue weighted by Gasteiger charge is -1.91. The van der Waals surface area contributed by atoms with Crippen molar-refractivity contribution in [3.63, 3.8) is 0 Å². The summed E-state index contributed by atoms with van der Waals surface area (Å²) in [5.41, 5.74) is 4.69. The van der Waals surface area contributed by atoms with Crippen molar-refractivity contribution in [2.24, 2.45) is 0 Å². The summed E-state index contributed by atoms with van der Waals surface area (Å²) in [5.74, 6) is 1.71. The Labute approximate surface area is 192 Å². The molecule has 2 heteroatoms. The molecule has 2 aromatic heterocycles. The lowest BCUT2D eigenvalue weighted by atomic mass is 10.2. The molecule has 0 unspecified atom stereocenters. The minimum Gasteiger partial charge on any atom is -0.465 e. The van der Waals surface area contributed by atoms with E-state index in [1.165, 1.54) is 11.1 Å². The first-order chi connectivity index (χ1) is 15.5. The molecular formula is C30H32O2. The summed E-state index contributed by atoms with van der Waals surface area (Å²) >= 11 is 0. The molecule has 0 N–H and O–H groups in total. The van der Waals surface area contributed by atoms with Crippen molar-refractivity contribution in [3.05, 3.63) is 144 Å². The number of hydrogen-bond acceptors (Lipinski definition) is 2. The summed E-state index contributed by atoms with van der Waals surface area (Å²) in [6, 6.07) is 7.64. The van der Waals surface area contributed by atoms with Crippen molar-refractivity contribution >= 4 is 12.2 Å². The Bertz CT molecular complexity index is 984. The van der Waals surface area contributed by atoms with E-state index in [0.717, 1.165) is 22.7 Å². The lowest BCUT2D eigenvalue weighted by Crippen LogP contribution is -1.70.